The zero-order valence-electron chi connectivity index (χ0n) is 14.6. The summed E-state index contributed by atoms with van der Waals surface area (Å²) in [5.41, 5.74) is 1.96. The van der Waals surface area contributed by atoms with Crippen LogP contribution in [0.2, 0.25) is 0 Å². The molecule has 7 nitrogen and oxygen atoms in total. The van der Waals surface area contributed by atoms with Gasteiger partial charge in [0.2, 0.25) is 5.91 Å². The number of nitrogens with zero attached hydrogens (tertiary/aromatic N) is 1. The quantitative estimate of drug-likeness (QED) is 0.557. The molecule has 1 N–H and O–H groups in total. The number of benzene rings is 1. The molecule has 1 heterocycles. The molecule has 25 heavy (non-hydrogen) atoms. The topological polar surface area (TPSA) is 84.9 Å². The van der Waals surface area contributed by atoms with E-state index in [-0.39, 0.29) is 31.4 Å². The Morgan fingerprint density at radius 1 is 1.28 bits per heavy atom. The Hall–Kier alpha value is -2.41. The van der Waals surface area contributed by atoms with E-state index in [4.69, 9.17) is 9.47 Å². The zero-order chi connectivity index (χ0) is 18.2. The van der Waals surface area contributed by atoms with Crippen molar-refractivity contribution in [2.45, 2.75) is 19.8 Å². The second kappa shape index (κ2) is 9.17. The molecule has 0 unspecified atom stereocenters. The van der Waals surface area contributed by atoms with Crippen molar-refractivity contribution >= 4 is 23.5 Å². The van der Waals surface area contributed by atoms with E-state index in [9.17, 15) is 14.4 Å². The summed E-state index contributed by atoms with van der Waals surface area (Å²) in [6, 6.07) is 7.71. The van der Waals surface area contributed by atoms with Crippen molar-refractivity contribution in [3.8, 4) is 0 Å². The highest BCUT2D eigenvalue weighted by molar-refractivity contribution is 5.99. The summed E-state index contributed by atoms with van der Waals surface area (Å²) in [5, 5.41) is 2.57. The fraction of sp³-hybridized carbons (Fsp3) is 0.500. The molecule has 1 aliphatic heterocycles. The first-order chi connectivity index (χ1) is 12.0. The van der Waals surface area contributed by atoms with Crippen molar-refractivity contribution in [3.05, 3.63) is 29.8 Å². The van der Waals surface area contributed by atoms with Crippen LogP contribution in [0.5, 0.6) is 0 Å². The van der Waals surface area contributed by atoms with Crippen LogP contribution in [-0.4, -0.2) is 51.2 Å². The summed E-state index contributed by atoms with van der Waals surface area (Å²) in [6.07, 6.45) is 1.02. The van der Waals surface area contributed by atoms with Gasteiger partial charge in [0.25, 0.3) is 5.91 Å². The van der Waals surface area contributed by atoms with E-state index >= 15 is 0 Å². The number of hydrogen-bond donors (Lipinski definition) is 1. The molecule has 1 aromatic carbocycles. The number of rotatable bonds is 8. The van der Waals surface area contributed by atoms with Crippen molar-refractivity contribution in [3.63, 3.8) is 0 Å². The van der Waals surface area contributed by atoms with E-state index in [1.807, 2.05) is 24.3 Å². The molecular formula is C18H24N2O5. The lowest BCUT2D eigenvalue weighted by molar-refractivity contribution is -0.152. The largest absolute Gasteiger partial charge is 0.455 e. The molecule has 0 bridgehead atoms. The van der Waals surface area contributed by atoms with Crippen molar-refractivity contribution in [1.82, 2.24) is 5.32 Å². The van der Waals surface area contributed by atoms with E-state index < -0.39 is 11.9 Å². The van der Waals surface area contributed by atoms with Gasteiger partial charge in [0.15, 0.2) is 6.61 Å². The van der Waals surface area contributed by atoms with Crippen molar-refractivity contribution < 1.29 is 23.9 Å². The smallest absolute Gasteiger partial charge is 0.311 e. The predicted octanol–water partition coefficient (Wildman–Crippen LogP) is 0.908. The van der Waals surface area contributed by atoms with Crippen LogP contribution in [0.3, 0.4) is 0 Å². The van der Waals surface area contributed by atoms with Gasteiger partial charge in [0.05, 0.1) is 12.5 Å². The standard InChI is InChI=1S/C18H24N2O5/c1-3-13-4-6-15(7-5-13)20-11-14(10-17(20)22)18(23)25-12-16(21)19-8-9-24-2/h4-7,14H,3,8-12H2,1-2H3,(H,19,21)/t14-/m0/s1. The maximum Gasteiger partial charge on any atom is 0.311 e. The van der Waals surface area contributed by atoms with E-state index in [1.54, 1.807) is 4.90 Å². The molecule has 1 fully saturated rings. The third kappa shape index (κ3) is 5.29. The van der Waals surface area contributed by atoms with Crippen LogP contribution in [0.25, 0.3) is 0 Å². The number of nitrogens with one attached hydrogen (secondary N) is 1. The number of hydrogen-bond acceptors (Lipinski definition) is 5. The van der Waals surface area contributed by atoms with Crippen LogP contribution in [0, 0.1) is 5.92 Å². The van der Waals surface area contributed by atoms with Crippen LogP contribution < -0.4 is 10.2 Å². The average Bonchev–Trinajstić information content (AvgIpc) is 3.02. The van der Waals surface area contributed by atoms with Gasteiger partial charge in [-0.3, -0.25) is 14.4 Å². The molecule has 0 aliphatic carbocycles. The average molecular weight is 348 g/mol. The lowest BCUT2D eigenvalue weighted by Crippen LogP contribution is -2.33. The van der Waals surface area contributed by atoms with Gasteiger partial charge in [-0.05, 0) is 24.1 Å². The van der Waals surface area contributed by atoms with Crippen LogP contribution >= 0.6 is 0 Å². The van der Waals surface area contributed by atoms with Gasteiger partial charge in [-0.25, -0.2) is 0 Å². The van der Waals surface area contributed by atoms with Gasteiger partial charge in [-0.2, -0.15) is 0 Å². The monoisotopic (exact) mass is 348 g/mol. The van der Waals surface area contributed by atoms with Gasteiger partial charge < -0.3 is 19.7 Å². The second-order valence-electron chi connectivity index (χ2n) is 5.88. The van der Waals surface area contributed by atoms with Gasteiger partial charge >= 0.3 is 5.97 Å². The Morgan fingerprint density at radius 2 is 2.00 bits per heavy atom. The minimum atomic E-state index is -0.551. The van der Waals surface area contributed by atoms with Gasteiger partial charge in [-0.15, -0.1) is 0 Å². The van der Waals surface area contributed by atoms with Crippen LogP contribution in [0.4, 0.5) is 5.69 Å². The van der Waals surface area contributed by atoms with Gasteiger partial charge in [0, 0.05) is 32.3 Å². The molecule has 0 aromatic heterocycles. The molecule has 0 spiro atoms. The highest BCUT2D eigenvalue weighted by Gasteiger charge is 2.36. The minimum Gasteiger partial charge on any atom is -0.455 e. The highest BCUT2D eigenvalue weighted by atomic mass is 16.5. The molecule has 1 aromatic rings. The number of aryl methyl sites for hydroxylation is 1. The summed E-state index contributed by atoms with van der Waals surface area (Å²) >= 11 is 0. The van der Waals surface area contributed by atoms with Crippen molar-refractivity contribution in [2.24, 2.45) is 5.92 Å². The Morgan fingerprint density at radius 3 is 2.64 bits per heavy atom. The third-order valence-corrected chi connectivity index (χ3v) is 4.09. The number of ether oxygens (including phenoxy) is 2. The molecule has 2 amide bonds. The lowest BCUT2D eigenvalue weighted by Gasteiger charge is -2.17. The minimum absolute atomic E-state index is 0.0969. The molecule has 0 radical (unpaired) electrons. The number of esters is 1. The first-order valence-electron chi connectivity index (χ1n) is 8.36. The maximum atomic E-state index is 12.2. The molecular weight excluding hydrogens is 324 g/mol. The molecule has 1 aliphatic rings. The number of carbonyl (C=O) groups excluding carboxylic acids is 3. The molecule has 136 valence electrons. The van der Waals surface area contributed by atoms with Crippen LogP contribution in [0.1, 0.15) is 18.9 Å². The Bertz CT molecular complexity index is 614. The van der Waals surface area contributed by atoms with Crippen LogP contribution in [-0.2, 0) is 30.3 Å². The van der Waals surface area contributed by atoms with Crippen LogP contribution in [0.15, 0.2) is 24.3 Å². The van der Waals surface area contributed by atoms with Gasteiger partial charge in [0.1, 0.15) is 0 Å². The fourth-order valence-corrected chi connectivity index (χ4v) is 2.62. The predicted molar refractivity (Wildman–Crippen MR) is 92.1 cm³/mol. The van der Waals surface area contributed by atoms with Crippen molar-refractivity contribution in [1.29, 1.82) is 0 Å². The van der Waals surface area contributed by atoms with E-state index in [1.165, 1.54) is 12.7 Å². The Labute approximate surface area is 147 Å². The number of carbonyl (C=O) groups is 3. The summed E-state index contributed by atoms with van der Waals surface area (Å²) in [4.78, 5) is 37.4. The molecule has 1 saturated heterocycles. The molecule has 1 atom stereocenters. The summed E-state index contributed by atoms with van der Waals surface area (Å²) in [7, 11) is 1.53. The maximum absolute atomic E-state index is 12.2. The highest BCUT2D eigenvalue weighted by Crippen LogP contribution is 2.26. The number of anilines is 1. The first-order valence-corrected chi connectivity index (χ1v) is 8.36. The normalized spacial score (nSPS) is 16.8. The van der Waals surface area contributed by atoms with E-state index in [0.717, 1.165) is 12.1 Å². The summed E-state index contributed by atoms with van der Waals surface area (Å²) in [5.74, 6) is -1.58. The summed E-state index contributed by atoms with van der Waals surface area (Å²) < 4.78 is 9.83. The zero-order valence-corrected chi connectivity index (χ0v) is 14.6. The molecule has 7 heteroatoms. The summed E-state index contributed by atoms with van der Waals surface area (Å²) in [6.45, 7) is 2.74. The van der Waals surface area contributed by atoms with E-state index in [2.05, 4.69) is 12.2 Å². The lowest BCUT2D eigenvalue weighted by atomic mass is 10.1. The van der Waals surface area contributed by atoms with Gasteiger partial charge in [-0.1, -0.05) is 19.1 Å². The Balaban J connectivity index is 1.84. The SMILES string of the molecule is CCc1ccc(N2C[C@@H](C(=O)OCC(=O)NCCOC)CC2=O)cc1. The second-order valence-corrected chi connectivity index (χ2v) is 5.88. The molecule has 0 saturated carbocycles. The molecule has 2 rings (SSSR count). The fourth-order valence-electron chi connectivity index (χ4n) is 2.62. The number of methoxy groups -OCH3 is 1. The van der Waals surface area contributed by atoms with E-state index in [0.29, 0.717) is 13.2 Å². The first kappa shape index (κ1) is 18.9. The third-order valence-electron chi connectivity index (χ3n) is 4.09. The Kier molecular flexibility index (Phi) is 6.94. The number of amides is 2. The van der Waals surface area contributed by atoms with Crippen molar-refractivity contribution in [2.75, 3.05) is 38.3 Å².